The van der Waals surface area contributed by atoms with Gasteiger partial charge >= 0.3 is 0 Å². The van der Waals surface area contributed by atoms with Gasteiger partial charge in [-0.15, -0.1) is 0 Å². The maximum Gasteiger partial charge on any atom is 0.197 e. The summed E-state index contributed by atoms with van der Waals surface area (Å²) in [5.74, 6) is 0. The van der Waals surface area contributed by atoms with E-state index >= 15 is 0 Å². The maximum atomic E-state index is 13.9. The average Bonchev–Trinajstić information content (AvgIpc) is 2.94. The Morgan fingerprint density at radius 1 is 0.417 bits per heavy atom. The molecule has 0 amide bonds. The summed E-state index contributed by atoms with van der Waals surface area (Å²) in [6.07, 6.45) is 0. The first-order chi connectivity index (χ1) is 17.7. The molecule has 0 fully saturated rings. The maximum absolute atomic E-state index is 13.9. The smallest absolute Gasteiger partial charge is 0.197 e. The molecule has 0 N–H and O–H groups in total. The van der Waals surface area contributed by atoms with Crippen molar-refractivity contribution < 1.29 is 0 Å². The molecule has 7 aromatic rings. The van der Waals surface area contributed by atoms with Crippen molar-refractivity contribution >= 4 is 38.1 Å². The molecule has 0 radical (unpaired) electrons. The molecule has 0 spiro atoms. The van der Waals surface area contributed by atoms with Crippen molar-refractivity contribution in [3.8, 4) is 0 Å². The summed E-state index contributed by atoms with van der Waals surface area (Å²) in [4.78, 5) is 27.8. The second-order valence-corrected chi connectivity index (χ2v) is 9.58. The molecule has 36 heavy (non-hydrogen) atoms. The lowest BCUT2D eigenvalue weighted by Gasteiger charge is -2.41. The fourth-order valence-corrected chi connectivity index (χ4v) is 6.63. The molecule has 0 saturated carbocycles. The molecule has 0 atom stereocenters. The highest BCUT2D eigenvalue weighted by Gasteiger charge is 2.44. The fraction of sp³-hybridized carbons (Fsp3) is 0.0303. The summed E-state index contributed by atoms with van der Waals surface area (Å²) in [5, 5.41) is 2.50. The van der Waals surface area contributed by atoms with Crippen LogP contribution in [0.2, 0.25) is 0 Å². The SMILES string of the molecule is O=c1c2cccc3c2n2c4c(cccc4c(=O)c4cccc1c42)C3(c1ccccc1)c1ccccc1. The van der Waals surface area contributed by atoms with E-state index in [4.69, 9.17) is 0 Å². The van der Waals surface area contributed by atoms with Gasteiger partial charge in [0, 0.05) is 21.5 Å². The highest BCUT2D eigenvalue weighted by atomic mass is 16.1. The molecule has 0 aliphatic carbocycles. The Labute approximate surface area is 205 Å². The number of hydrogen-bond donors (Lipinski definition) is 0. The summed E-state index contributed by atoms with van der Waals surface area (Å²) >= 11 is 0. The zero-order valence-corrected chi connectivity index (χ0v) is 19.2. The molecule has 1 aliphatic rings. The third-order valence-corrected chi connectivity index (χ3v) is 7.98. The highest BCUT2D eigenvalue weighted by molar-refractivity contribution is 6.11. The van der Waals surface area contributed by atoms with Crippen LogP contribution in [-0.4, -0.2) is 4.40 Å². The minimum Gasteiger partial charge on any atom is -0.307 e. The first kappa shape index (κ1) is 19.5. The van der Waals surface area contributed by atoms with Crippen molar-refractivity contribution in [2.24, 2.45) is 0 Å². The minimum atomic E-state index is -0.694. The van der Waals surface area contributed by atoms with E-state index in [-0.39, 0.29) is 10.9 Å². The summed E-state index contributed by atoms with van der Waals surface area (Å²) in [5.41, 5.74) is 5.99. The van der Waals surface area contributed by atoms with Gasteiger partial charge in [0.05, 0.1) is 22.0 Å². The van der Waals surface area contributed by atoms with Crippen molar-refractivity contribution in [3.05, 3.63) is 158 Å². The number of hydrogen-bond acceptors (Lipinski definition) is 2. The molecule has 5 aromatic carbocycles. The second kappa shape index (κ2) is 6.67. The Kier molecular flexibility index (Phi) is 3.62. The molecule has 0 unspecified atom stereocenters. The fourth-order valence-electron chi connectivity index (χ4n) is 6.63. The molecule has 0 bridgehead atoms. The van der Waals surface area contributed by atoms with Crippen LogP contribution in [0, 0.1) is 0 Å². The van der Waals surface area contributed by atoms with Gasteiger partial charge in [0.2, 0.25) is 0 Å². The second-order valence-electron chi connectivity index (χ2n) is 9.58. The van der Waals surface area contributed by atoms with Crippen molar-refractivity contribution in [3.63, 3.8) is 0 Å². The molecular weight excluding hydrogens is 442 g/mol. The van der Waals surface area contributed by atoms with Gasteiger partial charge < -0.3 is 4.40 Å². The Bertz CT molecular complexity index is 1980. The summed E-state index contributed by atoms with van der Waals surface area (Å²) in [6, 6.07) is 38.5. The van der Waals surface area contributed by atoms with E-state index in [9.17, 15) is 9.59 Å². The predicted molar refractivity (Wildman–Crippen MR) is 146 cm³/mol. The van der Waals surface area contributed by atoms with Crippen LogP contribution in [0.3, 0.4) is 0 Å². The van der Waals surface area contributed by atoms with E-state index in [2.05, 4.69) is 65.1 Å². The van der Waals surface area contributed by atoms with Crippen molar-refractivity contribution in [1.29, 1.82) is 0 Å². The molecule has 3 heteroatoms. The van der Waals surface area contributed by atoms with Gasteiger partial charge in [0.15, 0.2) is 10.9 Å². The van der Waals surface area contributed by atoms with Crippen molar-refractivity contribution in [1.82, 2.24) is 4.40 Å². The van der Waals surface area contributed by atoms with Gasteiger partial charge in [0.25, 0.3) is 0 Å². The Balaban J connectivity index is 1.80. The molecule has 8 rings (SSSR count). The van der Waals surface area contributed by atoms with Crippen LogP contribution in [0.25, 0.3) is 38.1 Å². The summed E-state index contributed by atoms with van der Waals surface area (Å²) < 4.78 is 2.19. The van der Waals surface area contributed by atoms with Crippen molar-refractivity contribution in [2.75, 3.05) is 0 Å². The monoisotopic (exact) mass is 461 g/mol. The van der Waals surface area contributed by atoms with E-state index in [0.717, 1.165) is 33.3 Å². The molecular formula is C33H19NO2. The van der Waals surface area contributed by atoms with Crippen LogP contribution in [-0.2, 0) is 5.41 Å². The van der Waals surface area contributed by atoms with Crippen LogP contribution in [0.4, 0.5) is 0 Å². The van der Waals surface area contributed by atoms with Crippen LogP contribution >= 0.6 is 0 Å². The van der Waals surface area contributed by atoms with Gasteiger partial charge in [-0.2, -0.15) is 0 Å². The lowest BCUT2D eigenvalue weighted by Crippen LogP contribution is -2.35. The zero-order chi connectivity index (χ0) is 24.0. The topological polar surface area (TPSA) is 38.5 Å². The molecule has 2 aromatic heterocycles. The van der Waals surface area contributed by atoms with Crippen LogP contribution in [0.5, 0.6) is 0 Å². The zero-order valence-electron chi connectivity index (χ0n) is 19.2. The normalized spacial score (nSPS) is 14.0. The van der Waals surface area contributed by atoms with E-state index in [1.807, 2.05) is 54.6 Å². The van der Waals surface area contributed by atoms with Gasteiger partial charge in [-0.05, 0) is 46.5 Å². The molecule has 1 aliphatic heterocycles. The van der Waals surface area contributed by atoms with E-state index < -0.39 is 5.41 Å². The van der Waals surface area contributed by atoms with Gasteiger partial charge in [-0.25, -0.2) is 0 Å². The largest absolute Gasteiger partial charge is 0.307 e. The Morgan fingerprint density at radius 2 is 0.806 bits per heavy atom. The number of benzene rings is 5. The molecule has 3 heterocycles. The predicted octanol–water partition coefficient (Wildman–Crippen LogP) is 6.25. The Morgan fingerprint density at radius 3 is 1.25 bits per heavy atom. The number of nitrogens with zero attached hydrogens (tertiary/aromatic N) is 1. The van der Waals surface area contributed by atoms with Gasteiger partial charge in [-0.3, -0.25) is 9.59 Å². The lowest BCUT2D eigenvalue weighted by atomic mass is 9.63. The third kappa shape index (κ3) is 2.11. The summed E-state index contributed by atoms with van der Waals surface area (Å²) in [7, 11) is 0. The Hall–Kier alpha value is -4.76. The minimum absolute atomic E-state index is 0.0365. The summed E-state index contributed by atoms with van der Waals surface area (Å²) in [6.45, 7) is 0. The number of rotatable bonds is 2. The standard InChI is InChI=1S/C33H19NO2/c35-31-22-14-7-15-23-28(22)34-29-24(31)16-8-18-26(29)33(20-10-3-1-4-11-20,21-12-5-2-6-13-21)27-19-9-17-25(30(27)34)32(23)36/h1-19H. The van der Waals surface area contributed by atoms with Gasteiger partial charge in [-0.1, -0.05) is 91.0 Å². The lowest BCUT2D eigenvalue weighted by molar-refractivity contribution is 0.745. The van der Waals surface area contributed by atoms with E-state index in [1.165, 1.54) is 0 Å². The molecule has 168 valence electrons. The van der Waals surface area contributed by atoms with E-state index in [1.54, 1.807) is 0 Å². The number of para-hydroxylation sites is 3. The number of aromatic nitrogens is 1. The van der Waals surface area contributed by atoms with Gasteiger partial charge in [0.1, 0.15) is 0 Å². The van der Waals surface area contributed by atoms with Crippen LogP contribution < -0.4 is 10.9 Å². The quantitative estimate of drug-likeness (QED) is 0.225. The van der Waals surface area contributed by atoms with E-state index in [0.29, 0.717) is 27.1 Å². The average molecular weight is 462 g/mol. The van der Waals surface area contributed by atoms with Crippen LogP contribution in [0.1, 0.15) is 22.3 Å². The van der Waals surface area contributed by atoms with Crippen molar-refractivity contribution in [2.45, 2.75) is 5.41 Å². The van der Waals surface area contributed by atoms with Crippen LogP contribution in [0.15, 0.2) is 125 Å². The first-order valence-electron chi connectivity index (χ1n) is 12.1. The number of pyridine rings is 2. The molecule has 3 nitrogen and oxygen atoms in total. The third-order valence-electron chi connectivity index (χ3n) is 7.98. The first-order valence-corrected chi connectivity index (χ1v) is 12.1. The highest BCUT2D eigenvalue weighted by Crippen LogP contribution is 2.52. The molecule has 0 saturated heterocycles.